The molecule has 0 aliphatic carbocycles. The normalized spacial score (nSPS) is 39.6. The van der Waals surface area contributed by atoms with Crippen LogP contribution in [0.15, 0.2) is 18.5 Å². The maximum absolute atomic E-state index is 6.00. The Hall–Kier alpha value is -0.910. The zero-order valence-electron chi connectivity index (χ0n) is 11.1. The molecular formula is C14H21N3O2. The van der Waals surface area contributed by atoms with Crippen LogP contribution in [0.25, 0.3) is 0 Å². The van der Waals surface area contributed by atoms with E-state index in [9.17, 15) is 0 Å². The number of ether oxygens (including phenoxy) is 2. The van der Waals surface area contributed by atoms with Gasteiger partial charge in [-0.05, 0) is 25.3 Å². The fourth-order valence-electron chi connectivity index (χ4n) is 3.63. The molecule has 5 nitrogen and oxygen atoms in total. The van der Waals surface area contributed by atoms with Gasteiger partial charge in [0, 0.05) is 31.9 Å². The first kappa shape index (κ1) is 11.9. The van der Waals surface area contributed by atoms with Crippen molar-refractivity contribution < 1.29 is 9.47 Å². The van der Waals surface area contributed by atoms with Crippen LogP contribution in [-0.4, -0.2) is 52.8 Å². The summed E-state index contributed by atoms with van der Waals surface area (Å²) < 4.78 is 14.0. The predicted molar refractivity (Wildman–Crippen MR) is 69.7 cm³/mol. The molecule has 3 aliphatic rings. The fraction of sp³-hybridized carbons (Fsp3) is 0.786. The van der Waals surface area contributed by atoms with Gasteiger partial charge in [-0.2, -0.15) is 5.10 Å². The Morgan fingerprint density at radius 3 is 2.68 bits per heavy atom. The van der Waals surface area contributed by atoms with Crippen molar-refractivity contribution in [2.24, 2.45) is 0 Å². The van der Waals surface area contributed by atoms with Crippen molar-refractivity contribution >= 4 is 0 Å². The monoisotopic (exact) mass is 263 g/mol. The second-order valence-electron chi connectivity index (χ2n) is 5.90. The first-order chi connectivity index (χ1) is 9.38. The molecule has 3 saturated heterocycles. The molecular weight excluding hydrogens is 242 g/mol. The van der Waals surface area contributed by atoms with Gasteiger partial charge in [-0.3, -0.25) is 9.58 Å². The summed E-state index contributed by atoms with van der Waals surface area (Å²) in [4.78, 5) is 2.49. The summed E-state index contributed by atoms with van der Waals surface area (Å²) in [6.07, 6.45) is 9.59. The van der Waals surface area contributed by atoms with E-state index >= 15 is 0 Å². The average molecular weight is 263 g/mol. The second-order valence-corrected chi connectivity index (χ2v) is 5.90. The van der Waals surface area contributed by atoms with Crippen LogP contribution in [0.2, 0.25) is 0 Å². The maximum atomic E-state index is 6.00. The summed E-state index contributed by atoms with van der Waals surface area (Å²) >= 11 is 0. The topological polar surface area (TPSA) is 39.5 Å². The zero-order chi connectivity index (χ0) is 12.7. The van der Waals surface area contributed by atoms with Gasteiger partial charge >= 0.3 is 0 Å². The molecule has 2 bridgehead atoms. The van der Waals surface area contributed by atoms with Crippen LogP contribution in [-0.2, 0) is 9.47 Å². The smallest absolute Gasteiger partial charge is 0.112 e. The van der Waals surface area contributed by atoms with Crippen LogP contribution in [0.3, 0.4) is 0 Å². The number of nitrogens with zero attached hydrogens (tertiary/aromatic N) is 3. The van der Waals surface area contributed by atoms with E-state index in [1.54, 1.807) is 0 Å². The molecule has 3 fully saturated rings. The fourth-order valence-corrected chi connectivity index (χ4v) is 3.63. The summed E-state index contributed by atoms with van der Waals surface area (Å²) in [5.74, 6) is 0. The third-order valence-electron chi connectivity index (χ3n) is 4.61. The number of likely N-dealkylation sites (tertiary alicyclic amines) is 1. The molecule has 4 heterocycles. The van der Waals surface area contributed by atoms with Crippen molar-refractivity contribution in [3.8, 4) is 0 Å². The molecule has 1 aromatic heterocycles. The number of fused-ring (bicyclic) bond motifs is 2. The Bertz CT molecular complexity index is 410. The summed E-state index contributed by atoms with van der Waals surface area (Å²) in [6, 6.07) is 2.48. The van der Waals surface area contributed by atoms with Gasteiger partial charge < -0.3 is 9.47 Å². The molecule has 19 heavy (non-hydrogen) atoms. The minimum atomic E-state index is 0.245. The lowest BCUT2D eigenvalue weighted by molar-refractivity contribution is -0.147. The van der Waals surface area contributed by atoms with Gasteiger partial charge in [0.05, 0.1) is 24.9 Å². The third-order valence-corrected chi connectivity index (χ3v) is 4.61. The van der Waals surface area contributed by atoms with Gasteiger partial charge in [-0.25, -0.2) is 0 Å². The van der Waals surface area contributed by atoms with E-state index in [0.717, 1.165) is 32.5 Å². The van der Waals surface area contributed by atoms with Crippen LogP contribution < -0.4 is 0 Å². The van der Waals surface area contributed by atoms with Crippen molar-refractivity contribution in [2.45, 2.75) is 50.2 Å². The van der Waals surface area contributed by atoms with Crippen LogP contribution in [0.5, 0.6) is 0 Å². The Labute approximate surface area is 113 Å². The first-order valence-corrected chi connectivity index (χ1v) is 7.39. The molecule has 1 aromatic rings. The predicted octanol–water partition coefficient (Wildman–Crippen LogP) is 1.42. The molecule has 3 aliphatic heterocycles. The van der Waals surface area contributed by atoms with Crippen molar-refractivity contribution in [1.29, 1.82) is 0 Å². The number of aromatic nitrogens is 2. The number of morpholine rings is 1. The van der Waals surface area contributed by atoms with E-state index in [1.807, 2.05) is 12.3 Å². The molecule has 104 valence electrons. The third kappa shape index (κ3) is 2.30. The summed E-state index contributed by atoms with van der Waals surface area (Å²) in [6.45, 7) is 2.90. The average Bonchev–Trinajstić information content (AvgIpc) is 3.09. The van der Waals surface area contributed by atoms with Crippen LogP contribution >= 0.6 is 0 Å². The van der Waals surface area contributed by atoms with Crippen molar-refractivity contribution in [1.82, 2.24) is 14.7 Å². The second kappa shape index (κ2) is 4.89. The van der Waals surface area contributed by atoms with E-state index in [1.165, 1.54) is 12.8 Å². The van der Waals surface area contributed by atoms with Gasteiger partial charge in [0.25, 0.3) is 0 Å². The van der Waals surface area contributed by atoms with Crippen LogP contribution in [0.1, 0.15) is 31.7 Å². The largest absolute Gasteiger partial charge is 0.372 e. The van der Waals surface area contributed by atoms with E-state index in [-0.39, 0.29) is 6.23 Å². The van der Waals surface area contributed by atoms with Crippen LogP contribution in [0, 0.1) is 0 Å². The number of rotatable bonds is 2. The van der Waals surface area contributed by atoms with Gasteiger partial charge in [0.1, 0.15) is 6.23 Å². The Morgan fingerprint density at radius 2 is 1.95 bits per heavy atom. The van der Waals surface area contributed by atoms with E-state index in [2.05, 4.69) is 20.9 Å². The SMILES string of the molecule is c1cnn(C2CCOC(N3CC4CCC(C3)O4)C2)c1. The highest BCUT2D eigenvalue weighted by Crippen LogP contribution is 2.32. The molecule has 5 heteroatoms. The highest BCUT2D eigenvalue weighted by molar-refractivity contribution is 4.89. The first-order valence-electron chi connectivity index (χ1n) is 7.39. The standard InChI is InChI=1S/C14H21N3O2/c1-5-15-17(6-1)11-4-7-18-14(8-11)16-9-12-2-3-13(10-16)19-12/h1,5-6,11-14H,2-4,7-10H2. The maximum Gasteiger partial charge on any atom is 0.112 e. The zero-order valence-corrected chi connectivity index (χ0v) is 11.1. The minimum absolute atomic E-state index is 0.245. The van der Waals surface area contributed by atoms with Crippen molar-refractivity contribution in [3.63, 3.8) is 0 Å². The van der Waals surface area contributed by atoms with Gasteiger partial charge in [0.15, 0.2) is 0 Å². The summed E-state index contributed by atoms with van der Waals surface area (Å²) in [7, 11) is 0. The minimum Gasteiger partial charge on any atom is -0.372 e. The molecule has 0 aromatic carbocycles. The molecule has 0 N–H and O–H groups in total. The van der Waals surface area contributed by atoms with E-state index in [0.29, 0.717) is 18.2 Å². The van der Waals surface area contributed by atoms with Crippen molar-refractivity contribution in [3.05, 3.63) is 18.5 Å². The quantitative estimate of drug-likeness (QED) is 0.809. The number of hydrogen-bond donors (Lipinski definition) is 0. The highest BCUT2D eigenvalue weighted by Gasteiger charge is 2.38. The lowest BCUT2D eigenvalue weighted by atomic mass is 10.1. The highest BCUT2D eigenvalue weighted by atomic mass is 16.5. The molecule has 0 radical (unpaired) electrons. The van der Waals surface area contributed by atoms with E-state index < -0.39 is 0 Å². The molecule has 4 rings (SSSR count). The van der Waals surface area contributed by atoms with Gasteiger partial charge in [-0.1, -0.05) is 0 Å². The lowest BCUT2D eigenvalue weighted by Gasteiger charge is -2.41. The lowest BCUT2D eigenvalue weighted by Crippen LogP contribution is -2.51. The molecule has 4 atom stereocenters. The Morgan fingerprint density at radius 1 is 1.11 bits per heavy atom. The molecule has 4 unspecified atom stereocenters. The Kier molecular flexibility index (Phi) is 3.06. The van der Waals surface area contributed by atoms with Gasteiger partial charge in [-0.15, -0.1) is 0 Å². The summed E-state index contributed by atoms with van der Waals surface area (Å²) in [5, 5.41) is 4.38. The van der Waals surface area contributed by atoms with E-state index in [4.69, 9.17) is 9.47 Å². The van der Waals surface area contributed by atoms with Crippen molar-refractivity contribution in [2.75, 3.05) is 19.7 Å². The number of hydrogen-bond acceptors (Lipinski definition) is 4. The molecule has 0 amide bonds. The van der Waals surface area contributed by atoms with Gasteiger partial charge in [0.2, 0.25) is 0 Å². The Balaban J connectivity index is 1.44. The van der Waals surface area contributed by atoms with Crippen LogP contribution in [0.4, 0.5) is 0 Å². The molecule has 0 spiro atoms. The molecule has 0 saturated carbocycles. The summed E-state index contributed by atoms with van der Waals surface area (Å²) in [5.41, 5.74) is 0.